The molecule has 146 valence electrons. The number of pyridine rings is 1. The predicted molar refractivity (Wildman–Crippen MR) is 89.4 cm³/mol. The molecular weight excluding hydrogens is 387 g/mol. The van der Waals surface area contributed by atoms with E-state index in [2.05, 4.69) is 4.98 Å². The molecule has 2 rings (SSSR count). The van der Waals surface area contributed by atoms with E-state index in [0.717, 1.165) is 18.2 Å². The molecule has 11 heteroatoms. The molecule has 0 aliphatic carbocycles. The summed E-state index contributed by atoms with van der Waals surface area (Å²) in [4.78, 5) is 14.8. The van der Waals surface area contributed by atoms with E-state index in [-0.39, 0.29) is 21.3 Å². The van der Waals surface area contributed by atoms with Gasteiger partial charge in [0, 0.05) is 6.20 Å². The van der Waals surface area contributed by atoms with Gasteiger partial charge in [-0.3, -0.25) is 9.78 Å². The van der Waals surface area contributed by atoms with Gasteiger partial charge in [0.15, 0.2) is 0 Å². The zero-order chi connectivity index (χ0) is 20.2. The van der Waals surface area contributed by atoms with Crippen LogP contribution in [0.5, 0.6) is 5.75 Å². The minimum atomic E-state index is -4.78. The normalized spacial score (nSPS) is 12.2. The molecule has 1 aromatic heterocycles. The van der Waals surface area contributed by atoms with Crippen LogP contribution in [0.25, 0.3) is 0 Å². The number of carbonyl (C=O) groups excluding carboxylic acids is 1. The standard InChI is InChI=1S/C16H16F3N3O4S/c1-26-14-6-5-12(8-13(14)15(20)23)27(24,25)22(10-16(17,18)19)9-11-4-2-3-7-21-11/h2-8H,9-10H2,1H3,(H2,20,23). The third kappa shape index (κ3) is 5.17. The number of nitrogens with two attached hydrogens (primary N) is 1. The van der Waals surface area contributed by atoms with Crippen molar-refractivity contribution in [3.63, 3.8) is 0 Å². The number of hydrogen-bond donors (Lipinski definition) is 1. The molecule has 1 amide bonds. The fourth-order valence-corrected chi connectivity index (χ4v) is 3.71. The van der Waals surface area contributed by atoms with Crippen LogP contribution in [0.15, 0.2) is 47.5 Å². The highest BCUT2D eigenvalue weighted by Crippen LogP contribution is 2.27. The average Bonchev–Trinajstić information content (AvgIpc) is 2.60. The van der Waals surface area contributed by atoms with Crippen LogP contribution in [0, 0.1) is 0 Å². The smallest absolute Gasteiger partial charge is 0.402 e. The van der Waals surface area contributed by atoms with E-state index in [1.54, 1.807) is 6.07 Å². The van der Waals surface area contributed by atoms with Crippen molar-refractivity contribution in [1.82, 2.24) is 9.29 Å². The predicted octanol–water partition coefficient (Wildman–Crippen LogP) is 1.94. The summed E-state index contributed by atoms with van der Waals surface area (Å²) in [5.41, 5.74) is 5.06. The van der Waals surface area contributed by atoms with Crippen LogP contribution in [-0.4, -0.2) is 43.4 Å². The average molecular weight is 403 g/mol. The van der Waals surface area contributed by atoms with Crippen LogP contribution in [0.3, 0.4) is 0 Å². The zero-order valence-corrected chi connectivity index (χ0v) is 14.9. The van der Waals surface area contributed by atoms with E-state index in [4.69, 9.17) is 10.5 Å². The minimum Gasteiger partial charge on any atom is -0.496 e. The van der Waals surface area contributed by atoms with Crippen LogP contribution in [-0.2, 0) is 16.6 Å². The monoisotopic (exact) mass is 403 g/mol. The molecule has 27 heavy (non-hydrogen) atoms. The van der Waals surface area contributed by atoms with Gasteiger partial charge >= 0.3 is 6.18 Å². The van der Waals surface area contributed by atoms with Crippen LogP contribution in [0.1, 0.15) is 16.1 Å². The third-order valence-corrected chi connectivity index (χ3v) is 5.28. The Bertz CT molecular complexity index is 918. The Morgan fingerprint density at radius 2 is 1.96 bits per heavy atom. The van der Waals surface area contributed by atoms with Crippen molar-refractivity contribution in [1.29, 1.82) is 0 Å². The topological polar surface area (TPSA) is 103 Å². The third-order valence-electron chi connectivity index (χ3n) is 3.49. The number of primary amides is 1. The lowest BCUT2D eigenvalue weighted by molar-refractivity contribution is -0.137. The minimum absolute atomic E-state index is 0.00791. The zero-order valence-electron chi connectivity index (χ0n) is 14.1. The highest BCUT2D eigenvalue weighted by Gasteiger charge is 2.37. The maximum atomic E-state index is 13.0. The van der Waals surface area contributed by atoms with E-state index in [1.807, 2.05) is 0 Å². The Hall–Kier alpha value is -2.66. The lowest BCUT2D eigenvalue weighted by Gasteiger charge is -2.23. The van der Waals surface area contributed by atoms with E-state index in [9.17, 15) is 26.4 Å². The van der Waals surface area contributed by atoms with Crippen molar-refractivity contribution in [2.45, 2.75) is 17.6 Å². The molecule has 0 aliphatic rings. The number of ether oxygens (including phenoxy) is 1. The molecule has 0 bridgehead atoms. The number of hydrogen-bond acceptors (Lipinski definition) is 5. The Morgan fingerprint density at radius 3 is 2.48 bits per heavy atom. The van der Waals surface area contributed by atoms with E-state index in [1.165, 1.54) is 25.4 Å². The van der Waals surface area contributed by atoms with Crippen LogP contribution < -0.4 is 10.5 Å². The van der Waals surface area contributed by atoms with Gasteiger partial charge in [-0.15, -0.1) is 0 Å². The van der Waals surface area contributed by atoms with Crippen LogP contribution >= 0.6 is 0 Å². The number of sulfonamides is 1. The second-order valence-corrected chi connectivity index (χ2v) is 7.37. The molecule has 2 aromatic rings. The molecule has 0 saturated carbocycles. The summed E-state index contributed by atoms with van der Waals surface area (Å²) in [6.45, 7) is -2.32. The maximum Gasteiger partial charge on any atom is 0.402 e. The number of rotatable bonds is 7. The summed E-state index contributed by atoms with van der Waals surface area (Å²) in [7, 11) is -3.36. The highest BCUT2D eigenvalue weighted by atomic mass is 32.2. The van der Waals surface area contributed by atoms with Crippen molar-refractivity contribution in [2.75, 3.05) is 13.7 Å². The van der Waals surface area contributed by atoms with E-state index < -0.39 is 40.1 Å². The van der Waals surface area contributed by atoms with Crippen molar-refractivity contribution >= 4 is 15.9 Å². The number of methoxy groups -OCH3 is 1. The molecule has 1 aromatic carbocycles. The molecule has 0 unspecified atom stereocenters. The Balaban J connectivity index is 2.49. The first kappa shape index (κ1) is 20.6. The Kier molecular flexibility index (Phi) is 6.06. The molecule has 0 saturated heterocycles. The summed E-state index contributed by atoms with van der Waals surface area (Å²) in [6.07, 6.45) is -3.44. The largest absolute Gasteiger partial charge is 0.496 e. The number of carbonyl (C=O) groups is 1. The van der Waals surface area contributed by atoms with Gasteiger partial charge in [-0.2, -0.15) is 17.5 Å². The van der Waals surface area contributed by atoms with Gasteiger partial charge in [-0.05, 0) is 30.3 Å². The first-order chi connectivity index (χ1) is 12.5. The number of benzene rings is 1. The number of alkyl halides is 3. The fourth-order valence-electron chi connectivity index (χ4n) is 2.29. The maximum absolute atomic E-state index is 13.0. The summed E-state index contributed by atoms with van der Waals surface area (Å²) in [5.74, 6) is -0.968. The fraction of sp³-hybridized carbons (Fsp3) is 0.250. The first-order valence-electron chi connectivity index (χ1n) is 7.49. The second-order valence-electron chi connectivity index (χ2n) is 5.44. The highest BCUT2D eigenvalue weighted by molar-refractivity contribution is 7.89. The van der Waals surface area contributed by atoms with Crippen LogP contribution in [0.4, 0.5) is 13.2 Å². The van der Waals surface area contributed by atoms with E-state index >= 15 is 0 Å². The van der Waals surface area contributed by atoms with Crippen molar-refractivity contribution in [2.24, 2.45) is 5.73 Å². The van der Waals surface area contributed by atoms with Crippen molar-refractivity contribution in [3.05, 3.63) is 53.9 Å². The summed E-state index contributed by atoms with van der Waals surface area (Å²) < 4.78 is 69.6. The molecule has 0 fully saturated rings. The Morgan fingerprint density at radius 1 is 1.26 bits per heavy atom. The second kappa shape index (κ2) is 7.92. The number of nitrogens with zero attached hydrogens (tertiary/aromatic N) is 2. The molecule has 0 radical (unpaired) electrons. The van der Waals surface area contributed by atoms with Crippen LogP contribution in [0.2, 0.25) is 0 Å². The lowest BCUT2D eigenvalue weighted by Crippen LogP contribution is -2.38. The molecule has 2 N–H and O–H groups in total. The lowest BCUT2D eigenvalue weighted by atomic mass is 10.2. The Labute approximate surface area is 153 Å². The summed E-state index contributed by atoms with van der Waals surface area (Å²) >= 11 is 0. The first-order valence-corrected chi connectivity index (χ1v) is 8.93. The van der Waals surface area contributed by atoms with E-state index in [0.29, 0.717) is 0 Å². The molecule has 0 aliphatic heterocycles. The molecule has 1 heterocycles. The quantitative estimate of drug-likeness (QED) is 0.761. The molecule has 0 spiro atoms. The molecular formula is C16H16F3N3O4S. The van der Waals surface area contributed by atoms with Gasteiger partial charge in [0.25, 0.3) is 5.91 Å². The number of halogens is 3. The van der Waals surface area contributed by atoms with Gasteiger partial charge < -0.3 is 10.5 Å². The van der Waals surface area contributed by atoms with Crippen molar-refractivity contribution in [3.8, 4) is 5.75 Å². The van der Waals surface area contributed by atoms with Crippen molar-refractivity contribution < 1.29 is 31.1 Å². The number of amides is 1. The van der Waals surface area contributed by atoms with Gasteiger partial charge in [0.1, 0.15) is 12.3 Å². The summed E-state index contributed by atoms with van der Waals surface area (Å²) in [5, 5.41) is 0. The molecule has 0 atom stereocenters. The summed E-state index contributed by atoms with van der Waals surface area (Å²) in [6, 6.07) is 7.57. The van der Waals surface area contributed by atoms with Gasteiger partial charge in [0.2, 0.25) is 10.0 Å². The van der Waals surface area contributed by atoms with Gasteiger partial charge in [-0.25, -0.2) is 8.42 Å². The van der Waals surface area contributed by atoms with Gasteiger partial charge in [0.05, 0.1) is 29.8 Å². The number of aromatic nitrogens is 1. The molecule has 7 nitrogen and oxygen atoms in total. The van der Waals surface area contributed by atoms with Gasteiger partial charge in [-0.1, -0.05) is 6.07 Å². The SMILES string of the molecule is COc1ccc(S(=O)(=O)N(Cc2ccccn2)CC(F)(F)F)cc1C(N)=O.